The van der Waals surface area contributed by atoms with Gasteiger partial charge in [-0.1, -0.05) is 6.92 Å². The van der Waals surface area contributed by atoms with E-state index >= 15 is 0 Å². The van der Waals surface area contributed by atoms with Gasteiger partial charge in [-0.15, -0.1) is 0 Å². The quantitative estimate of drug-likeness (QED) is 0.797. The van der Waals surface area contributed by atoms with Crippen molar-refractivity contribution in [1.29, 1.82) is 0 Å². The fourth-order valence-electron chi connectivity index (χ4n) is 3.89. The number of likely N-dealkylation sites (N-methyl/N-ethyl adjacent to an activating group) is 2. The van der Waals surface area contributed by atoms with Crippen LogP contribution in [0.1, 0.15) is 12.5 Å². The van der Waals surface area contributed by atoms with Crippen molar-refractivity contribution >= 4 is 11.8 Å². The van der Waals surface area contributed by atoms with Gasteiger partial charge in [0, 0.05) is 37.8 Å². The molecule has 1 amide bonds. The number of hydrogen-bond acceptors (Lipinski definition) is 5. The number of fused-ring (bicyclic) bond motifs is 3. The molecule has 1 aromatic carbocycles. The fraction of sp³-hybridized carbons (Fsp3) is 0.533. The first-order valence-electron chi connectivity index (χ1n) is 7.12. The molecule has 3 unspecified atom stereocenters. The highest BCUT2D eigenvalue weighted by Gasteiger charge is 2.56. The second-order valence-electron chi connectivity index (χ2n) is 6.13. The lowest BCUT2D eigenvalue weighted by Gasteiger charge is -2.33. The Morgan fingerprint density at radius 3 is 2.86 bits per heavy atom. The van der Waals surface area contributed by atoms with Gasteiger partial charge < -0.3 is 20.7 Å². The van der Waals surface area contributed by atoms with Crippen LogP contribution < -0.4 is 20.7 Å². The number of anilines is 1. The molecule has 6 heteroatoms. The number of likely N-dealkylation sites (tertiary alicyclic amines) is 1. The van der Waals surface area contributed by atoms with Crippen LogP contribution in [0.2, 0.25) is 0 Å². The maximum absolute atomic E-state index is 11.4. The zero-order valence-electron chi connectivity index (χ0n) is 12.9. The van der Waals surface area contributed by atoms with E-state index in [4.69, 9.17) is 10.5 Å². The summed E-state index contributed by atoms with van der Waals surface area (Å²) in [6.07, 6.45) is -0.228. The lowest BCUT2D eigenvalue weighted by atomic mass is 9.78. The molecular weight excluding hydrogens is 268 g/mol. The van der Waals surface area contributed by atoms with Crippen LogP contribution in [0, 0.1) is 0 Å². The predicted octanol–water partition coefficient (Wildman–Crippen LogP) is 0.711. The van der Waals surface area contributed by atoms with Crippen molar-refractivity contribution in [3.05, 3.63) is 23.8 Å². The van der Waals surface area contributed by atoms with Crippen molar-refractivity contribution in [2.24, 2.45) is 5.73 Å². The first-order chi connectivity index (χ1) is 9.89. The number of nitrogens with two attached hydrogens (primary N) is 1. The van der Waals surface area contributed by atoms with Gasteiger partial charge in [0.15, 0.2) is 0 Å². The van der Waals surface area contributed by atoms with Crippen molar-refractivity contribution in [3.63, 3.8) is 0 Å². The maximum Gasteiger partial charge on any atom is 0.412 e. The largest absolute Gasteiger partial charge is 0.412 e. The minimum atomic E-state index is -0.462. The minimum absolute atomic E-state index is 0.0476. The van der Waals surface area contributed by atoms with E-state index in [1.807, 2.05) is 18.2 Å². The Hall–Kier alpha value is -1.79. The zero-order chi connectivity index (χ0) is 15.4. The third-order valence-corrected chi connectivity index (χ3v) is 4.92. The Morgan fingerprint density at radius 1 is 1.48 bits per heavy atom. The molecule has 2 heterocycles. The summed E-state index contributed by atoms with van der Waals surface area (Å²) in [4.78, 5) is 15.9. The molecule has 6 nitrogen and oxygen atoms in total. The molecule has 1 fully saturated rings. The molecule has 2 aliphatic heterocycles. The highest BCUT2D eigenvalue weighted by molar-refractivity contribution is 5.72. The third kappa shape index (κ3) is 1.82. The molecular formula is C15H22N4O2. The summed E-state index contributed by atoms with van der Waals surface area (Å²) in [5.74, 6) is 0.546. The van der Waals surface area contributed by atoms with E-state index in [1.54, 1.807) is 7.05 Å². The summed E-state index contributed by atoms with van der Waals surface area (Å²) in [6, 6.07) is 5.81. The predicted molar refractivity (Wildman–Crippen MR) is 81.7 cm³/mol. The molecule has 0 radical (unpaired) electrons. The highest BCUT2D eigenvalue weighted by Crippen LogP contribution is 2.51. The van der Waals surface area contributed by atoms with Gasteiger partial charge in [-0.25, -0.2) is 4.79 Å². The summed E-state index contributed by atoms with van der Waals surface area (Å²) in [5.41, 5.74) is 8.54. The molecule has 0 aliphatic carbocycles. The number of benzene rings is 1. The lowest BCUT2D eigenvalue weighted by Crippen LogP contribution is -2.49. The van der Waals surface area contributed by atoms with E-state index in [1.165, 1.54) is 0 Å². The van der Waals surface area contributed by atoms with Crippen LogP contribution >= 0.6 is 0 Å². The molecule has 0 aromatic heterocycles. The van der Waals surface area contributed by atoms with E-state index in [0.29, 0.717) is 5.75 Å². The van der Waals surface area contributed by atoms with E-state index in [9.17, 15) is 4.79 Å². The Morgan fingerprint density at radius 2 is 2.19 bits per heavy atom. The number of nitrogens with one attached hydrogen (secondary N) is 1. The Labute approximate surface area is 124 Å². The fourth-order valence-corrected chi connectivity index (χ4v) is 3.89. The molecule has 0 saturated carbocycles. The average Bonchev–Trinajstić information content (AvgIpc) is 2.81. The van der Waals surface area contributed by atoms with Gasteiger partial charge in [-0.2, -0.15) is 0 Å². The normalized spacial score (nSPS) is 31.0. The van der Waals surface area contributed by atoms with Crippen molar-refractivity contribution in [2.45, 2.75) is 24.5 Å². The SMILES string of the molecule is CNC(=O)Oc1ccc2c(c1)C1(C)C(N)CN(C)C1N2C. The molecule has 2 aliphatic rings. The van der Waals surface area contributed by atoms with E-state index in [0.717, 1.165) is 17.8 Å². The van der Waals surface area contributed by atoms with Crippen LogP contribution in [0.25, 0.3) is 0 Å². The minimum Gasteiger partial charge on any atom is -0.410 e. The van der Waals surface area contributed by atoms with Crippen LogP contribution in [0.3, 0.4) is 0 Å². The smallest absolute Gasteiger partial charge is 0.410 e. The van der Waals surface area contributed by atoms with Crippen LogP contribution in [0.15, 0.2) is 18.2 Å². The number of hydrogen-bond donors (Lipinski definition) is 2. The monoisotopic (exact) mass is 290 g/mol. The average molecular weight is 290 g/mol. The van der Waals surface area contributed by atoms with Crippen molar-refractivity contribution in [3.8, 4) is 5.75 Å². The summed E-state index contributed by atoms with van der Waals surface area (Å²) in [5, 5.41) is 2.46. The number of ether oxygens (including phenoxy) is 1. The van der Waals surface area contributed by atoms with Gasteiger partial charge in [0.2, 0.25) is 0 Å². The maximum atomic E-state index is 11.4. The van der Waals surface area contributed by atoms with Crippen LogP contribution in [0.5, 0.6) is 5.75 Å². The van der Waals surface area contributed by atoms with Crippen molar-refractivity contribution in [2.75, 3.05) is 32.6 Å². The molecule has 1 aromatic rings. The molecule has 1 saturated heterocycles. The summed E-state index contributed by atoms with van der Waals surface area (Å²) in [6.45, 7) is 3.04. The van der Waals surface area contributed by atoms with Crippen LogP contribution in [0.4, 0.5) is 10.5 Å². The Kier molecular flexibility index (Phi) is 3.11. The van der Waals surface area contributed by atoms with Gasteiger partial charge in [0.25, 0.3) is 0 Å². The topological polar surface area (TPSA) is 70.8 Å². The van der Waals surface area contributed by atoms with Crippen LogP contribution in [-0.2, 0) is 5.41 Å². The number of amides is 1. The molecule has 3 rings (SSSR count). The Balaban J connectivity index is 2.05. The molecule has 21 heavy (non-hydrogen) atoms. The molecule has 0 spiro atoms. The molecule has 114 valence electrons. The third-order valence-electron chi connectivity index (χ3n) is 4.92. The number of carbonyl (C=O) groups is 1. The van der Waals surface area contributed by atoms with Gasteiger partial charge >= 0.3 is 6.09 Å². The van der Waals surface area contributed by atoms with Crippen molar-refractivity contribution in [1.82, 2.24) is 10.2 Å². The van der Waals surface area contributed by atoms with E-state index < -0.39 is 6.09 Å². The summed E-state index contributed by atoms with van der Waals surface area (Å²) < 4.78 is 5.26. The second-order valence-corrected chi connectivity index (χ2v) is 6.13. The van der Waals surface area contributed by atoms with Gasteiger partial charge in [-0.05, 0) is 30.8 Å². The van der Waals surface area contributed by atoms with Gasteiger partial charge in [0.05, 0.1) is 6.17 Å². The standard InChI is InChI=1S/C15H22N4O2/c1-15-10-7-9(21-14(20)17-2)5-6-11(10)19(4)13(15)18(3)8-12(15)16/h5-7,12-13H,8,16H2,1-4H3,(H,17,20). The summed E-state index contributed by atoms with van der Waals surface area (Å²) >= 11 is 0. The molecule has 0 bridgehead atoms. The van der Waals surface area contributed by atoms with Gasteiger partial charge in [-0.3, -0.25) is 4.90 Å². The lowest BCUT2D eigenvalue weighted by molar-refractivity contribution is 0.203. The van der Waals surface area contributed by atoms with Crippen molar-refractivity contribution < 1.29 is 9.53 Å². The number of rotatable bonds is 1. The van der Waals surface area contributed by atoms with E-state index in [2.05, 4.69) is 36.1 Å². The first kappa shape index (κ1) is 14.2. The zero-order valence-corrected chi connectivity index (χ0v) is 12.9. The second kappa shape index (κ2) is 4.61. The van der Waals surface area contributed by atoms with E-state index in [-0.39, 0.29) is 17.6 Å². The molecule has 3 atom stereocenters. The van der Waals surface area contributed by atoms with Gasteiger partial charge in [0.1, 0.15) is 5.75 Å². The number of nitrogens with zero attached hydrogens (tertiary/aromatic N) is 2. The number of carbonyl (C=O) groups excluding carboxylic acids is 1. The molecule has 3 N–H and O–H groups in total. The first-order valence-corrected chi connectivity index (χ1v) is 7.12. The Bertz CT molecular complexity index is 591. The van der Waals surface area contributed by atoms with Crippen LogP contribution in [-0.4, -0.2) is 50.9 Å². The highest BCUT2D eigenvalue weighted by atomic mass is 16.5. The summed E-state index contributed by atoms with van der Waals surface area (Å²) in [7, 11) is 5.73.